The maximum atomic E-state index is 11.4. The third-order valence-corrected chi connectivity index (χ3v) is 5.10. The summed E-state index contributed by atoms with van der Waals surface area (Å²) in [5.41, 5.74) is 3.24. The molecule has 1 aliphatic carbocycles. The van der Waals surface area contributed by atoms with Crippen LogP contribution in [-0.2, 0) is 0 Å². The van der Waals surface area contributed by atoms with Crippen molar-refractivity contribution in [1.82, 2.24) is 9.97 Å². The fourth-order valence-electron chi connectivity index (χ4n) is 3.48. The molecule has 2 aromatic rings. The number of hydrogen-bond donors (Lipinski definition) is 2. The van der Waals surface area contributed by atoms with Crippen molar-refractivity contribution in [2.45, 2.75) is 44.9 Å². The van der Waals surface area contributed by atoms with E-state index in [0.717, 1.165) is 12.0 Å². The molecule has 0 atom stereocenters. The van der Waals surface area contributed by atoms with Gasteiger partial charge in [0.25, 0.3) is 0 Å². The molecule has 1 aromatic heterocycles. The molecule has 0 unspecified atom stereocenters. The van der Waals surface area contributed by atoms with Gasteiger partial charge in [0, 0.05) is 17.5 Å². The minimum absolute atomic E-state index is 0.231. The maximum Gasteiger partial charge on any atom is 0.237 e. The van der Waals surface area contributed by atoms with Gasteiger partial charge in [-0.25, -0.2) is 4.98 Å². The lowest BCUT2D eigenvalue weighted by molar-refractivity contribution is 0.111. The van der Waals surface area contributed by atoms with Gasteiger partial charge in [-0.3, -0.25) is 15.1 Å². The van der Waals surface area contributed by atoms with E-state index in [9.17, 15) is 4.79 Å². The van der Waals surface area contributed by atoms with Crippen molar-refractivity contribution in [3.63, 3.8) is 0 Å². The zero-order valence-electron chi connectivity index (χ0n) is 15.6. The first-order valence-electron chi connectivity index (χ1n) is 9.28. The molecule has 1 aliphatic rings. The van der Waals surface area contributed by atoms with E-state index in [0.29, 0.717) is 23.6 Å². The van der Waals surface area contributed by atoms with Gasteiger partial charge in [-0.15, -0.1) is 0 Å². The number of carbonyl (C=O) groups is 1. The Morgan fingerprint density at radius 2 is 1.89 bits per heavy atom. The highest BCUT2D eigenvalue weighted by molar-refractivity contribution is 5.82. The molecule has 1 fully saturated rings. The standard InChI is InChI=1S/C21H25N5O/c1-3-26(14-22)21-24-19(13-27)15(2)20(25-21)23-18-11-9-17(10-12-18)16-7-5-4-6-8-16/h3,9-14,16,22H,1,4-8H2,2H3,(H,23,24,25). The number of anilines is 3. The number of aromatic nitrogens is 2. The Kier molecular flexibility index (Phi) is 5.96. The van der Waals surface area contributed by atoms with Gasteiger partial charge in [-0.1, -0.05) is 38.0 Å². The average molecular weight is 363 g/mol. The lowest BCUT2D eigenvalue weighted by Gasteiger charge is -2.22. The minimum atomic E-state index is 0.231. The first kappa shape index (κ1) is 18.8. The highest BCUT2D eigenvalue weighted by Gasteiger charge is 2.16. The number of rotatable bonds is 7. The van der Waals surface area contributed by atoms with Gasteiger partial charge in [0.2, 0.25) is 5.95 Å². The molecule has 0 amide bonds. The van der Waals surface area contributed by atoms with E-state index in [4.69, 9.17) is 5.41 Å². The second kappa shape index (κ2) is 8.58. The van der Waals surface area contributed by atoms with E-state index in [1.807, 2.05) is 12.1 Å². The van der Waals surface area contributed by atoms with Crippen molar-refractivity contribution in [3.05, 3.63) is 53.9 Å². The summed E-state index contributed by atoms with van der Waals surface area (Å²) in [4.78, 5) is 21.4. The summed E-state index contributed by atoms with van der Waals surface area (Å²) in [7, 11) is 0. The van der Waals surface area contributed by atoms with Gasteiger partial charge in [0.05, 0.1) is 6.34 Å². The van der Waals surface area contributed by atoms with Crippen LogP contribution in [0.1, 0.15) is 59.6 Å². The molecule has 3 rings (SSSR count). The Morgan fingerprint density at radius 3 is 2.48 bits per heavy atom. The monoisotopic (exact) mass is 363 g/mol. The van der Waals surface area contributed by atoms with Crippen molar-refractivity contribution in [1.29, 1.82) is 5.41 Å². The summed E-state index contributed by atoms with van der Waals surface area (Å²) in [6.45, 7) is 5.44. The quantitative estimate of drug-likeness (QED) is 0.413. The number of carbonyl (C=O) groups excluding carboxylic acids is 1. The number of hydrogen-bond acceptors (Lipinski definition) is 5. The van der Waals surface area contributed by atoms with Crippen LogP contribution < -0.4 is 10.2 Å². The Bertz CT molecular complexity index is 817. The lowest BCUT2D eigenvalue weighted by atomic mass is 9.84. The molecule has 0 radical (unpaired) electrons. The van der Waals surface area contributed by atoms with Crippen LogP contribution in [0.25, 0.3) is 0 Å². The molecule has 0 saturated heterocycles. The predicted octanol–water partition coefficient (Wildman–Crippen LogP) is 4.95. The van der Waals surface area contributed by atoms with E-state index in [2.05, 4.69) is 34.0 Å². The molecule has 0 aliphatic heterocycles. The molecule has 6 heteroatoms. The van der Waals surface area contributed by atoms with E-state index in [-0.39, 0.29) is 11.6 Å². The highest BCUT2D eigenvalue weighted by atomic mass is 16.1. The van der Waals surface area contributed by atoms with Gasteiger partial charge in [0.15, 0.2) is 6.29 Å². The summed E-state index contributed by atoms with van der Waals surface area (Å²) in [5, 5.41) is 10.7. The molecule has 1 aromatic carbocycles. The van der Waals surface area contributed by atoms with Crippen LogP contribution in [0, 0.1) is 12.3 Å². The largest absolute Gasteiger partial charge is 0.340 e. The molecular weight excluding hydrogens is 338 g/mol. The minimum Gasteiger partial charge on any atom is -0.340 e. The van der Waals surface area contributed by atoms with Crippen LogP contribution in [-0.4, -0.2) is 22.6 Å². The Hall–Kier alpha value is -3.02. The van der Waals surface area contributed by atoms with Crippen molar-refractivity contribution < 1.29 is 4.79 Å². The molecule has 2 N–H and O–H groups in total. The van der Waals surface area contributed by atoms with Crippen molar-refractivity contribution in [3.8, 4) is 0 Å². The number of benzene rings is 1. The van der Waals surface area contributed by atoms with Gasteiger partial charge in [-0.2, -0.15) is 4.98 Å². The summed E-state index contributed by atoms with van der Waals surface area (Å²) in [5.74, 6) is 1.44. The van der Waals surface area contributed by atoms with Crippen LogP contribution in [0.15, 0.2) is 37.0 Å². The first-order valence-corrected chi connectivity index (χ1v) is 9.28. The second-order valence-electron chi connectivity index (χ2n) is 6.80. The predicted molar refractivity (Wildman–Crippen MR) is 109 cm³/mol. The third-order valence-electron chi connectivity index (χ3n) is 5.10. The van der Waals surface area contributed by atoms with Gasteiger partial charge >= 0.3 is 0 Å². The van der Waals surface area contributed by atoms with E-state index < -0.39 is 0 Å². The molecule has 1 heterocycles. The molecule has 0 bridgehead atoms. The molecule has 27 heavy (non-hydrogen) atoms. The Morgan fingerprint density at radius 1 is 1.19 bits per heavy atom. The van der Waals surface area contributed by atoms with Crippen molar-refractivity contribution >= 4 is 30.1 Å². The topological polar surface area (TPSA) is 82.0 Å². The zero-order valence-corrected chi connectivity index (χ0v) is 15.6. The number of aldehydes is 1. The van der Waals surface area contributed by atoms with Crippen LogP contribution in [0.4, 0.5) is 17.5 Å². The highest BCUT2D eigenvalue weighted by Crippen LogP contribution is 2.33. The number of nitrogens with zero attached hydrogens (tertiary/aromatic N) is 3. The summed E-state index contributed by atoms with van der Waals surface area (Å²) in [6, 6.07) is 8.44. The lowest BCUT2D eigenvalue weighted by Crippen LogP contribution is -2.17. The molecule has 6 nitrogen and oxygen atoms in total. The first-order chi connectivity index (χ1) is 13.2. The van der Waals surface area contributed by atoms with E-state index in [1.165, 1.54) is 48.8 Å². The third kappa shape index (κ3) is 4.22. The average Bonchev–Trinajstić information content (AvgIpc) is 2.72. The summed E-state index contributed by atoms with van der Waals surface area (Å²) >= 11 is 0. The summed E-state index contributed by atoms with van der Waals surface area (Å²) in [6.07, 6.45) is 9.69. The van der Waals surface area contributed by atoms with E-state index in [1.54, 1.807) is 6.92 Å². The van der Waals surface area contributed by atoms with Gasteiger partial charge < -0.3 is 5.32 Å². The van der Waals surface area contributed by atoms with Crippen LogP contribution >= 0.6 is 0 Å². The van der Waals surface area contributed by atoms with Gasteiger partial charge in [-0.05, 0) is 43.4 Å². The summed E-state index contributed by atoms with van der Waals surface area (Å²) < 4.78 is 0. The molecule has 1 saturated carbocycles. The van der Waals surface area contributed by atoms with Crippen LogP contribution in [0.5, 0.6) is 0 Å². The fourth-order valence-corrected chi connectivity index (χ4v) is 3.48. The Labute approximate surface area is 159 Å². The molecule has 140 valence electrons. The maximum absolute atomic E-state index is 11.4. The normalized spacial score (nSPS) is 14.4. The smallest absolute Gasteiger partial charge is 0.237 e. The zero-order chi connectivity index (χ0) is 19.2. The second-order valence-corrected chi connectivity index (χ2v) is 6.80. The van der Waals surface area contributed by atoms with Crippen molar-refractivity contribution in [2.24, 2.45) is 0 Å². The number of nitrogens with one attached hydrogen (secondary N) is 2. The van der Waals surface area contributed by atoms with E-state index >= 15 is 0 Å². The van der Waals surface area contributed by atoms with Gasteiger partial charge in [0.1, 0.15) is 11.5 Å². The van der Waals surface area contributed by atoms with Crippen LogP contribution in [0.3, 0.4) is 0 Å². The van der Waals surface area contributed by atoms with Crippen LogP contribution in [0.2, 0.25) is 0 Å². The SMILES string of the molecule is C=CN(C=N)c1nc(C=O)c(C)c(Nc2ccc(C3CCCCC3)cc2)n1. The molecule has 0 spiro atoms. The Balaban J connectivity index is 1.85. The van der Waals surface area contributed by atoms with Crippen molar-refractivity contribution in [2.75, 3.05) is 10.2 Å². The fraction of sp³-hybridized carbons (Fsp3) is 0.333. The molecular formula is C21H25N5O.